The van der Waals surface area contributed by atoms with Crippen LogP contribution in [0.2, 0.25) is 0 Å². The molecule has 0 amide bonds. The smallest absolute Gasteiger partial charge is 0.123 e. The lowest BCUT2D eigenvalue weighted by Gasteiger charge is -2.00. The summed E-state index contributed by atoms with van der Waals surface area (Å²) in [6.07, 6.45) is 3.24. The van der Waals surface area contributed by atoms with Crippen LogP contribution in [0.4, 0.5) is 0 Å². The molecule has 64 valence electrons. The van der Waals surface area contributed by atoms with E-state index in [-0.39, 0.29) is 12.4 Å². The van der Waals surface area contributed by atoms with Gasteiger partial charge in [0, 0.05) is 10.0 Å². The quantitative estimate of drug-likeness (QED) is 0.815. The molecule has 1 aromatic carbocycles. The highest BCUT2D eigenvalue weighted by Gasteiger charge is 1.99. The van der Waals surface area contributed by atoms with Gasteiger partial charge in [-0.05, 0) is 12.1 Å². The molecule has 0 aliphatic carbocycles. The SMILES string of the molecule is OCC=Cc1c(O)cccc1Br. The fourth-order valence-corrected chi connectivity index (χ4v) is 1.35. The van der Waals surface area contributed by atoms with Gasteiger partial charge in [0.1, 0.15) is 5.75 Å². The molecule has 0 spiro atoms. The number of phenolic OH excluding ortho intramolecular Hbond substituents is 1. The molecule has 12 heavy (non-hydrogen) atoms. The molecular weight excluding hydrogens is 220 g/mol. The molecule has 0 radical (unpaired) electrons. The van der Waals surface area contributed by atoms with Crippen molar-refractivity contribution in [3.05, 3.63) is 34.3 Å². The van der Waals surface area contributed by atoms with E-state index in [1.807, 2.05) is 6.07 Å². The van der Waals surface area contributed by atoms with E-state index in [1.165, 1.54) is 0 Å². The molecule has 1 aromatic rings. The zero-order valence-corrected chi connectivity index (χ0v) is 7.95. The van der Waals surface area contributed by atoms with Gasteiger partial charge in [0.15, 0.2) is 0 Å². The molecule has 0 fully saturated rings. The summed E-state index contributed by atoms with van der Waals surface area (Å²) in [5.74, 6) is 0.203. The van der Waals surface area contributed by atoms with Crippen LogP contribution in [0.1, 0.15) is 5.56 Å². The minimum absolute atomic E-state index is 0.0270. The summed E-state index contributed by atoms with van der Waals surface area (Å²) >= 11 is 3.28. The molecule has 0 aliphatic rings. The third-order valence-corrected chi connectivity index (χ3v) is 2.11. The molecule has 0 atom stereocenters. The molecule has 2 nitrogen and oxygen atoms in total. The van der Waals surface area contributed by atoms with Crippen molar-refractivity contribution in [2.75, 3.05) is 6.61 Å². The lowest BCUT2D eigenvalue weighted by atomic mass is 10.2. The van der Waals surface area contributed by atoms with Gasteiger partial charge in [-0.3, -0.25) is 0 Å². The highest BCUT2D eigenvalue weighted by Crippen LogP contribution is 2.26. The van der Waals surface area contributed by atoms with Crippen LogP contribution in [-0.2, 0) is 0 Å². The van der Waals surface area contributed by atoms with Crippen molar-refractivity contribution in [3.63, 3.8) is 0 Å². The monoisotopic (exact) mass is 228 g/mol. The molecular formula is C9H9BrO2. The molecule has 0 bridgehead atoms. The number of benzene rings is 1. The number of hydrogen-bond donors (Lipinski definition) is 2. The number of aliphatic hydroxyl groups is 1. The maximum Gasteiger partial charge on any atom is 0.123 e. The Morgan fingerprint density at radius 3 is 2.75 bits per heavy atom. The van der Waals surface area contributed by atoms with E-state index < -0.39 is 0 Å². The topological polar surface area (TPSA) is 40.5 Å². The van der Waals surface area contributed by atoms with Crippen molar-refractivity contribution >= 4 is 22.0 Å². The second-order valence-corrected chi connectivity index (χ2v) is 3.11. The molecule has 0 saturated carbocycles. The molecule has 2 N–H and O–H groups in total. The Balaban J connectivity index is 3.04. The van der Waals surface area contributed by atoms with Crippen LogP contribution >= 0.6 is 15.9 Å². The lowest BCUT2D eigenvalue weighted by Crippen LogP contribution is -1.78. The first-order chi connectivity index (χ1) is 5.75. The van der Waals surface area contributed by atoms with E-state index in [4.69, 9.17) is 5.11 Å². The maximum absolute atomic E-state index is 9.36. The van der Waals surface area contributed by atoms with Gasteiger partial charge < -0.3 is 10.2 Å². The average Bonchev–Trinajstić information content (AvgIpc) is 2.04. The Hall–Kier alpha value is -0.800. The first-order valence-electron chi connectivity index (χ1n) is 3.50. The largest absolute Gasteiger partial charge is 0.507 e. The van der Waals surface area contributed by atoms with Gasteiger partial charge in [-0.1, -0.05) is 34.1 Å². The number of aromatic hydroxyl groups is 1. The van der Waals surface area contributed by atoms with Crippen molar-refractivity contribution < 1.29 is 10.2 Å². The standard InChI is InChI=1S/C9H9BrO2/c10-8-4-1-5-9(12)7(8)3-2-6-11/h1-5,11-12H,6H2. The van der Waals surface area contributed by atoms with Crippen LogP contribution in [0.5, 0.6) is 5.75 Å². The fraction of sp³-hybridized carbons (Fsp3) is 0.111. The van der Waals surface area contributed by atoms with E-state index in [0.29, 0.717) is 5.56 Å². The van der Waals surface area contributed by atoms with Gasteiger partial charge in [-0.2, -0.15) is 0 Å². The van der Waals surface area contributed by atoms with Crippen LogP contribution in [0, 0.1) is 0 Å². The molecule has 0 aliphatic heterocycles. The average molecular weight is 229 g/mol. The number of rotatable bonds is 2. The zero-order valence-electron chi connectivity index (χ0n) is 6.37. The van der Waals surface area contributed by atoms with Gasteiger partial charge in [-0.25, -0.2) is 0 Å². The Bertz CT molecular complexity index is 274. The summed E-state index contributed by atoms with van der Waals surface area (Å²) in [5, 5.41) is 17.9. The summed E-state index contributed by atoms with van der Waals surface area (Å²) in [5.41, 5.74) is 0.687. The first-order valence-corrected chi connectivity index (χ1v) is 4.30. The third kappa shape index (κ3) is 2.09. The van der Waals surface area contributed by atoms with Crippen LogP contribution < -0.4 is 0 Å². The van der Waals surface area contributed by atoms with Gasteiger partial charge in [0.05, 0.1) is 6.61 Å². The third-order valence-electron chi connectivity index (χ3n) is 1.42. The normalized spacial score (nSPS) is 10.8. The Kier molecular flexibility index (Phi) is 3.31. The van der Waals surface area contributed by atoms with Gasteiger partial charge in [0.2, 0.25) is 0 Å². The summed E-state index contributed by atoms with van der Waals surface area (Å²) in [7, 11) is 0. The summed E-state index contributed by atoms with van der Waals surface area (Å²) in [4.78, 5) is 0. The molecule has 3 heteroatoms. The number of hydrogen-bond acceptors (Lipinski definition) is 2. The lowest BCUT2D eigenvalue weighted by molar-refractivity contribution is 0.343. The van der Waals surface area contributed by atoms with E-state index in [1.54, 1.807) is 24.3 Å². The molecule has 0 heterocycles. The van der Waals surface area contributed by atoms with E-state index >= 15 is 0 Å². The minimum atomic E-state index is -0.0270. The van der Waals surface area contributed by atoms with Crippen LogP contribution in [0.3, 0.4) is 0 Å². The predicted molar refractivity (Wildman–Crippen MR) is 51.9 cm³/mol. The summed E-state index contributed by atoms with van der Waals surface area (Å²) in [6.45, 7) is -0.0270. The van der Waals surface area contributed by atoms with Crippen molar-refractivity contribution in [3.8, 4) is 5.75 Å². The number of phenols is 1. The highest BCUT2D eigenvalue weighted by molar-refractivity contribution is 9.10. The van der Waals surface area contributed by atoms with Gasteiger partial charge in [-0.15, -0.1) is 0 Å². The van der Waals surface area contributed by atoms with Gasteiger partial charge in [0.25, 0.3) is 0 Å². The van der Waals surface area contributed by atoms with Crippen molar-refractivity contribution in [2.45, 2.75) is 0 Å². The Morgan fingerprint density at radius 2 is 2.17 bits per heavy atom. The Morgan fingerprint density at radius 1 is 1.42 bits per heavy atom. The van der Waals surface area contributed by atoms with Crippen LogP contribution in [0.25, 0.3) is 6.08 Å². The van der Waals surface area contributed by atoms with E-state index in [2.05, 4.69) is 15.9 Å². The van der Waals surface area contributed by atoms with Crippen molar-refractivity contribution in [2.24, 2.45) is 0 Å². The number of halogens is 1. The number of aliphatic hydroxyl groups excluding tert-OH is 1. The highest BCUT2D eigenvalue weighted by atomic mass is 79.9. The van der Waals surface area contributed by atoms with Crippen molar-refractivity contribution in [1.82, 2.24) is 0 Å². The summed E-state index contributed by atoms with van der Waals surface area (Å²) < 4.78 is 0.812. The van der Waals surface area contributed by atoms with Crippen molar-refractivity contribution in [1.29, 1.82) is 0 Å². The fourth-order valence-electron chi connectivity index (χ4n) is 0.861. The molecule has 0 unspecified atom stereocenters. The van der Waals surface area contributed by atoms with E-state index in [0.717, 1.165) is 4.47 Å². The van der Waals surface area contributed by atoms with Crippen LogP contribution in [0.15, 0.2) is 28.7 Å². The van der Waals surface area contributed by atoms with Crippen LogP contribution in [-0.4, -0.2) is 16.8 Å². The molecule has 1 rings (SSSR count). The summed E-state index contributed by atoms with van der Waals surface area (Å²) in [6, 6.07) is 5.17. The Labute approximate surface area is 79.3 Å². The van der Waals surface area contributed by atoms with Gasteiger partial charge >= 0.3 is 0 Å². The second-order valence-electron chi connectivity index (χ2n) is 2.26. The molecule has 0 aromatic heterocycles. The maximum atomic E-state index is 9.36. The second kappa shape index (κ2) is 4.28. The zero-order chi connectivity index (χ0) is 8.97. The van der Waals surface area contributed by atoms with E-state index in [9.17, 15) is 5.11 Å². The first kappa shape index (κ1) is 9.29. The predicted octanol–water partition coefficient (Wildman–Crippen LogP) is 2.16. The minimum Gasteiger partial charge on any atom is -0.507 e. The molecule has 0 saturated heterocycles.